The normalized spacial score (nSPS) is 33.9. The first-order valence-corrected chi connectivity index (χ1v) is 4.87. The number of ether oxygens (including phenoxy) is 1. The molecule has 78 valence electrons. The molecule has 0 aromatic heterocycles. The van der Waals surface area contributed by atoms with Crippen molar-refractivity contribution in [3.05, 3.63) is 12.2 Å². The minimum Gasteiger partial charge on any atom is -0.344 e. The van der Waals surface area contributed by atoms with E-state index in [-0.39, 0.29) is 18.2 Å². The highest BCUT2D eigenvalue weighted by Crippen LogP contribution is 2.38. The molecular weight excluding hydrogens is 182 g/mol. The number of amides is 1. The molecular formula is C10H15NO3. The molecule has 4 heteroatoms. The Hall–Kier alpha value is -0.870. The summed E-state index contributed by atoms with van der Waals surface area (Å²) >= 11 is 0. The molecule has 4 nitrogen and oxygen atoms in total. The fourth-order valence-corrected chi connectivity index (χ4v) is 1.77. The zero-order valence-corrected chi connectivity index (χ0v) is 8.69. The summed E-state index contributed by atoms with van der Waals surface area (Å²) in [4.78, 5) is 17.2. The van der Waals surface area contributed by atoms with Crippen molar-refractivity contribution in [1.29, 1.82) is 0 Å². The molecule has 2 aliphatic heterocycles. The van der Waals surface area contributed by atoms with Gasteiger partial charge in [-0.2, -0.15) is 5.06 Å². The van der Waals surface area contributed by atoms with Gasteiger partial charge in [-0.05, 0) is 26.8 Å². The standard InChI is InChI=1S/C10H15NO3/c1-4-13-11-8-6-5-7(14-8)10(2,3)9(11)12/h5-8H,4H2,1-3H3. The van der Waals surface area contributed by atoms with Crippen molar-refractivity contribution in [2.75, 3.05) is 6.61 Å². The molecule has 2 rings (SSSR count). The van der Waals surface area contributed by atoms with Crippen molar-refractivity contribution >= 4 is 5.91 Å². The molecule has 0 aliphatic carbocycles. The topological polar surface area (TPSA) is 38.8 Å². The van der Waals surface area contributed by atoms with E-state index < -0.39 is 5.41 Å². The molecule has 1 amide bonds. The van der Waals surface area contributed by atoms with Crippen LogP contribution in [-0.2, 0) is 14.4 Å². The lowest BCUT2D eigenvalue weighted by atomic mass is 9.85. The number of hydroxylamine groups is 2. The Balaban J connectivity index is 2.27. The number of carbonyl (C=O) groups excluding carboxylic acids is 1. The molecule has 2 bridgehead atoms. The van der Waals surface area contributed by atoms with Gasteiger partial charge in [0, 0.05) is 0 Å². The molecule has 0 aromatic carbocycles. The van der Waals surface area contributed by atoms with Crippen LogP contribution in [0.4, 0.5) is 0 Å². The summed E-state index contributed by atoms with van der Waals surface area (Å²) < 4.78 is 5.62. The highest BCUT2D eigenvalue weighted by Gasteiger charge is 2.50. The second kappa shape index (κ2) is 3.07. The summed E-state index contributed by atoms with van der Waals surface area (Å²) in [6, 6.07) is 0. The van der Waals surface area contributed by atoms with Crippen LogP contribution in [0.25, 0.3) is 0 Å². The van der Waals surface area contributed by atoms with Gasteiger partial charge in [0.05, 0.1) is 18.1 Å². The van der Waals surface area contributed by atoms with Crippen LogP contribution in [0.2, 0.25) is 0 Å². The van der Waals surface area contributed by atoms with Crippen LogP contribution in [0.15, 0.2) is 12.2 Å². The molecule has 0 spiro atoms. The van der Waals surface area contributed by atoms with E-state index >= 15 is 0 Å². The molecule has 1 saturated heterocycles. The third kappa shape index (κ3) is 1.18. The summed E-state index contributed by atoms with van der Waals surface area (Å²) in [5.41, 5.74) is -0.529. The van der Waals surface area contributed by atoms with Gasteiger partial charge in [0.2, 0.25) is 0 Å². The maximum Gasteiger partial charge on any atom is 0.257 e. The first-order valence-electron chi connectivity index (χ1n) is 4.87. The van der Waals surface area contributed by atoms with Gasteiger partial charge in [0.15, 0.2) is 6.23 Å². The molecule has 0 radical (unpaired) electrons. The molecule has 1 fully saturated rings. The van der Waals surface area contributed by atoms with E-state index in [1.165, 1.54) is 5.06 Å². The Morgan fingerprint density at radius 3 is 2.93 bits per heavy atom. The minimum atomic E-state index is -0.529. The van der Waals surface area contributed by atoms with Crippen molar-refractivity contribution in [2.45, 2.75) is 33.1 Å². The summed E-state index contributed by atoms with van der Waals surface area (Å²) in [5.74, 6) is -0.00870. The van der Waals surface area contributed by atoms with Gasteiger partial charge in [-0.3, -0.25) is 9.63 Å². The number of hydrogen-bond donors (Lipinski definition) is 0. The van der Waals surface area contributed by atoms with E-state index in [1.54, 1.807) is 0 Å². The zero-order chi connectivity index (χ0) is 10.3. The molecule has 0 saturated carbocycles. The molecule has 14 heavy (non-hydrogen) atoms. The van der Waals surface area contributed by atoms with Crippen LogP contribution in [0.5, 0.6) is 0 Å². The van der Waals surface area contributed by atoms with Gasteiger partial charge >= 0.3 is 0 Å². The number of nitrogens with zero attached hydrogens (tertiary/aromatic N) is 1. The second-order valence-corrected chi connectivity index (χ2v) is 4.10. The minimum absolute atomic E-state index is 0.00870. The average Bonchev–Trinajstić information content (AvgIpc) is 2.58. The Morgan fingerprint density at radius 2 is 2.29 bits per heavy atom. The summed E-state index contributed by atoms with van der Waals surface area (Å²) in [6.07, 6.45) is 3.35. The lowest BCUT2D eigenvalue weighted by Crippen LogP contribution is -2.55. The van der Waals surface area contributed by atoms with Gasteiger partial charge in [-0.15, -0.1) is 0 Å². The van der Waals surface area contributed by atoms with Gasteiger partial charge in [-0.1, -0.05) is 6.08 Å². The molecule has 2 atom stereocenters. The number of fused-ring (bicyclic) bond motifs is 2. The van der Waals surface area contributed by atoms with Crippen molar-refractivity contribution in [2.24, 2.45) is 5.41 Å². The van der Waals surface area contributed by atoms with Gasteiger partial charge in [0.25, 0.3) is 5.91 Å². The maximum atomic E-state index is 12.0. The average molecular weight is 197 g/mol. The van der Waals surface area contributed by atoms with E-state index in [1.807, 2.05) is 32.9 Å². The van der Waals surface area contributed by atoms with Crippen molar-refractivity contribution in [3.63, 3.8) is 0 Å². The van der Waals surface area contributed by atoms with E-state index in [9.17, 15) is 4.79 Å². The van der Waals surface area contributed by atoms with Crippen molar-refractivity contribution in [1.82, 2.24) is 5.06 Å². The number of rotatable bonds is 2. The van der Waals surface area contributed by atoms with Gasteiger partial charge in [-0.25, -0.2) is 0 Å². The second-order valence-electron chi connectivity index (χ2n) is 4.10. The maximum absolute atomic E-state index is 12.0. The summed E-state index contributed by atoms with van der Waals surface area (Å²) in [5, 5.41) is 1.33. The summed E-state index contributed by atoms with van der Waals surface area (Å²) in [6.45, 7) is 6.07. The fraction of sp³-hybridized carbons (Fsp3) is 0.700. The van der Waals surface area contributed by atoms with E-state index in [2.05, 4.69) is 0 Å². The quantitative estimate of drug-likeness (QED) is 0.622. The third-order valence-corrected chi connectivity index (χ3v) is 2.70. The van der Waals surface area contributed by atoms with Crippen molar-refractivity contribution < 1.29 is 14.4 Å². The monoisotopic (exact) mass is 197 g/mol. The molecule has 2 aliphatic rings. The zero-order valence-electron chi connectivity index (χ0n) is 8.69. The Kier molecular flexibility index (Phi) is 2.12. The largest absolute Gasteiger partial charge is 0.344 e. The molecule has 2 heterocycles. The molecule has 2 unspecified atom stereocenters. The lowest BCUT2D eigenvalue weighted by molar-refractivity contribution is -0.267. The number of hydrogen-bond acceptors (Lipinski definition) is 3. The Bertz CT molecular complexity index is 285. The van der Waals surface area contributed by atoms with E-state index in [4.69, 9.17) is 9.57 Å². The Labute approximate surface area is 83.4 Å². The predicted molar refractivity (Wildman–Crippen MR) is 50.1 cm³/mol. The van der Waals surface area contributed by atoms with Crippen LogP contribution in [0.3, 0.4) is 0 Å². The third-order valence-electron chi connectivity index (χ3n) is 2.70. The first kappa shape index (κ1) is 9.68. The highest BCUT2D eigenvalue weighted by atomic mass is 16.7. The van der Waals surface area contributed by atoms with E-state index in [0.717, 1.165) is 0 Å². The predicted octanol–water partition coefficient (Wildman–Crippen LogP) is 1.09. The van der Waals surface area contributed by atoms with Gasteiger partial charge in [0.1, 0.15) is 0 Å². The molecule has 0 N–H and O–H groups in total. The number of carbonyl (C=O) groups is 1. The van der Waals surface area contributed by atoms with E-state index in [0.29, 0.717) is 6.61 Å². The van der Waals surface area contributed by atoms with Crippen LogP contribution >= 0.6 is 0 Å². The molecule has 0 aromatic rings. The van der Waals surface area contributed by atoms with Crippen LogP contribution in [0, 0.1) is 5.41 Å². The van der Waals surface area contributed by atoms with Crippen molar-refractivity contribution in [3.8, 4) is 0 Å². The highest BCUT2D eigenvalue weighted by molar-refractivity contribution is 5.83. The van der Waals surface area contributed by atoms with Crippen LogP contribution in [0.1, 0.15) is 20.8 Å². The van der Waals surface area contributed by atoms with Crippen LogP contribution < -0.4 is 0 Å². The summed E-state index contributed by atoms with van der Waals surface area (Å²) in [7, 11) is 0. The SMILES string of the molecule is CCON1C(=O)C(C)(C)C2C=CC1O2. The Morgan fingerprint density at radius 1 is 1.57 bits per heavy atom. The smallest absolute Gasteiger partial charge is 0.257 e. The fourth-order valence-electron chi connectivity index (χ4n) is 1.77. The van der Waals surface area contributed by atoms with Crippen LogP contribution in [-0.4, -0.2) is 29.9 Å². The van der Waals surface area contributed by atoms with Gasteiger partial charge < -0.3 is 4.74 Å². The first-order chi connectivity index (χ1) is 6.57. The lowest BCUT2D eigenvalue weighted by Gasteiger charge is -2.41.